The van der Waals surface area contributed by atoms with Gasteiger partial charge in [0.15, 0.2) is 0 Å². The number of carbonyl (C=O) groups excluding carboxylic acids is 1. The molecule has 4 heterocycles. The molecular weight excluding hydrogens is 441 g/mol. The zero-order chi connectivity index (χ0) is 23.9. The molecule has 1 atom stereocenters. The number of rotatable bonds is 5. The molecule has 1 saturated carbocycles. The Bertz CT molecular complexity index is 1190. The fourth-order valence-electron chi connectivity index (χ4n) is 4.86. The van der Waals surface area contributed by atoms with Crippen molar-refractivity contribution in [1.29, 1.82) is 0 Å². The molecule has 176 valence electrons. The van der Waals surface area contributed by atoms with Crippen molar-refractivity contribution in [3.8, 4) is 11.1 Å². The van der Waals surface area contributed by atoms with E-state index >= 15 is 0 Å². The standard InChI is InChI=1S/C26H25F3N4O/c1-17-4-9-22(18-3-2-12-30-14-18)23(32-17)24(34)33-16-25(10-11-25)13-21(33)8-7-20-6-5-19(15-31-20)26(27,28)29/h2-6,9,12,14-15,21H,7-8,10-11,13,16H2,1H3/t21-/m1/s1. The third-order valence-corrected chi connectivity index (χ3v) is 6.93. The van der Waals surface area contributed by atoms with E-state index in [0.717, 1.165) is 48.3 Å². The van der Waals surface area contributed by atoms with E-state index in [4.69, 9.17) is 0 Å². The third-order valence-electron chi connectivity index (χ3n) is 6.93. The summed E-state index contributed by atoms with van der Waals surface area (Å²) in [6.07, 6.45) is 4.17. The number of aryl methyl sites for hydroxylation is 2. The summed E-state index contributed by atoms with van der Waals surface area (Å²) in [5, 5.41) is 0. The molecule has 5 nitrogen and oxygen atoms in total. The van der Waals surface area contributed by atoms with Crippen LogP contribution in [0.4, 0.5) is 13.2 Å². The zero-order valence-electron chi connectivity index (χ0n) is 18.8. The first-order valence-electron chi connectivity index (χ1n) is 11.5. The maximum atomic E-state index is 13.8. The van der Waals surface area contributed by atoms with E-state index in [1.54, 1.807) is 12.4 Å². The molecular formula is C26H25F3N4O. The number of pyridine rings is 3. The minimum absolute atomic E-state index is 0.00292. The lowest BCUT2D eigenvalue weighted by Gasteiger charge is -2.25. The van der Waals surface area contributed by atoms with Crippen LogP contribution in [0.15, 0.2) is 55.0 Å². The Labute approximate surface area is 196 Å². The SMILES string of the molecule is Cc1ccc(-c2cccnc2)c(C(=O)N2CC3(CC3)C[C@H]2CCc2ccc(C(F)(F)F)cn2)n1. The van der Waals surface area contributed by atoms with Crippen LogP contribution in [0.25, 0.3) is 11.1 Å². The Hall–Kier alpha value is -3.29. The van der Waals surface area contributed by atoms with E-state index in [1.165, 1.54) is 6.07 Å². The lowest BCUT2D eigenvalue weighted by atomic mass is 9.99. The summed E-state index contributed by atoms with van der Waals surface area (Å²) in [7, 11) is 0. The van der Waals surface area contributed by atoms with Crippen LogP contribution in [0.1, 0.15) is 53.1 Å². The van der Waals surface area contributed by atoms with E-state index in [1.807, 2.05) is 36.1 Å². The highest BCUT2D eigenvalue weighted by Crippen LogP contribution is 2.55. The maximum Gasteiger partial charge on any atom is 0.417 e. The highest BCUT2D eigenvalue weighted by atomic mass is 19.4. The quantitative estimate of drug-likeness (QED) is 0.499. The monoisotopic (exact) mass is 466 g/mol. The Morgan fingerprint density at radius 2 is 1.97 bits per heavy atom. The van der Waals surface area contributed by atoms with Gasteiger partial charge in [0.2, 0.25) is 0 Å². The largest absolute Gasteiger partial charge is 0.417 e. The first-order chi connectivity index (χ1) is 16.2. The average molecular weight is 467 g/mol. The molecule has 1 saturated heterocycles. The predicted octanol–water partition coefficient (Wildman–Crippen LogP) is 5.49. The fraction of sp³-hybridized carbons (Fsp3) is 0.385. The molecule has 0 aromatic carbocycles. The van der Waals surface area contributed by atoms with E-state index in [2.05, 4.69) is 15.0 Å². The van der Waals surface area contributed by atoms with Crippen molar-refractivity contribution in [3.63, 3.8) is 0 Å². The van der Waals surface area contributed by atoms with Gasteiger partial charge in [-0.25, -0.2) is 4.98 Å². The molecule has 3 aromatic rings. The van der Waals surface area contributed by atoms with Crippen molar-refractivity contribution in [2.45, 2.75) is 51.2 Å². The highest BCUT2D eigenvalue weighted by molar-refractivity contribution is 5.99. The van der Waals surface area contributed by atoms with E-state index < -0.39 is 11.7 Å². The summed E-state index contributed by atoms with van der Waals surface area (Å²) in [6.45, 7) is 2.56. The summed E-state index contributed by atoms with van der Waals surface area (Å²) in [4.78, 5) is 28.5. The molecule has 0 radical (unpaired) electrons. The van der Waals surface area contributed by atoms with E-state index in [0.29, 0.717) is 30.8 Å². The summed E-state index contributed by atoms with van der Waals surface area (Å²) in [6, 6.07) is 10.0. The van der Waals surface area contributed by atoms with Crippen molar-refractivity contribution in [1.82, 2.24) is 19.9 Å². The number of hydrogen-bond donors (Lipinski definition) is 0. The van der Waals surface area contributed by atoms with Gasteiger partial charge in [0, 0.05) is 53.7 Å². The van der Waals surface area contributed by atoms with Crippen LogP contribution >= 0.6 is 0 Å². The molecule has 1 aliphatic heterocycles. The van der Waals surface area contributed by atoms with Crippen LogP contribution in [0.5, 0.6) is 0 Å². The molecule has 2 aliphatic rings. The third kappa shape index (κ3) is 4.54. The number of hydrogen-bond acceptors (Lipinski definition) is 4. The van der Waals surface area contributed by atoms with E-state index in [-0.39, 0.29) is 17.4 Å². The number of nitrogens with zero attached hydrogens (tertiary/aromatic N) is 4. The van der Waals surface area contributed by atoms with Gasteiger partial charge in [0.1, 0.15) is 5.69 Å². The van der Waals surface area contributed by atoms with Crippen LogP contribution in [0, 0.1) is 12.3 Å². The van der Waals surface area contributed by atoms with Gasteiger partial charge in [-0.05, 0) is 68.7 Å². The van der Waals surface area contributed by atoms with Crippen molar-refractivity contribution >= 4 is 5.91 Å². The van der Waals surface area contributed by atoms with Gasteiger partial charge in [-0.3, -0.25) is 14.8 Å². The van der Waals surface area contributed by atoms with Gasteiger partial charge in [-0.1, -0.05) is 12.1 Å². The topological polar surface area (TPSA) is 59.0 Å². The van der Waals surface area contributed by atoms with Gasteiger partial charge in [-0.15, -0.1) is 0 Å². The molecule has 0 N–H and O–H groups in total. The minimum Gasteiger partial charge on any atom is -0.334 e. The minimum atomic E-state index is -4.40. The number of alkyl halides is 3. The lowest BCUT2D eigenvalue weighted by Crippen LogP contribution is -2.37. The molecule has 34 heavy (non-hydrogen) atoms. The number of carbonyl (C=O) groups is 1. The summed E-state index contributed by atoms with van der Waals surface area (Å²) in [5.41, 5.74) is 2.80. The van der Waals surface area contributed by atoms with Crippen molar-refractivity contribution < 1.29 is 18.0 Å². The lowest BCUT2D eigenvalue weighted by molar-refractivity contribution is -0.137. The molecule has 1 amide bonds. The van der Waals surface area contributed by atoms with Crippen LogP contribution < -0.4 is 0 Å². The normalized spacial score (nSPS) is 18.9. The molecule has 3 aromatic heterocycles. The van der Waals surface area contributed by atoms with Crippen molar-refractivity contribution in [2.75, 3.05) is 6.54 Å². The van der Waals surface area contributed by atoms with Crippen LogP contribution in [-0.2, 0) is 12.6 Å². The summed E-state index contributed by atoms with van der Waals surface area (Å²) >= 11 is 0. The summed E-state index contributed by atoms with van der Waals surface area (Å²) < 4.78 is 38.5. The number of amides is 1. The molecule has 1 aliphatic carbocycles. The fourth-order valence-corrected chi connectivity index (χ4v) is 4.86. The molecule has 8 heteroatoms. The van der Waals surface area contributed by atoms with Crippen molar-refractivity contribution in [2.24, 2.45) is 5.41 Å². The van der Waals surface area contributed by atoms with Crippen LogP contribution in [0.3, 0.4) is 0 Å². The predicted molar refractivity (Wildman–Crippen MR) is 121 cm³/mol. The van der Waals surface area contributed by atoms with Gasteiger partial charge in [0.05, 0.1) is 5.56 Å². The van der Waals surface area contributed by atoms with Gasteiger partial charge >= 0.3 is 6.18 Å². The Kier molecular flexibility index (Phi) is 5.62. The highest BCUT2D eigenvalue weighted by Gasteiger charge is 2.53. The Balaban J connectivity index is 1.37. The molecule has 1 spiro atoms. The number of likely N-dealkylation sites (tertiary alicyclic amines) is 1. The second-order valence-corrected chi connectivity index (χ2v) is 9.46. The zero-order valence-corrected chi connectivity index (χ0v) is 18.8. The molecule has 0 unspecified atom stereocenters. The van der Waals surface area contributed by atoms with Gasteiger partial charge in [0.25, 0.3) is 5.91 Å². The number of halogens is 3. The molecule has 0 bridgehead atoms. The first kappa shape index (κ1) is 22.5. The maximum absolute atomic E-state index is 13.8. The van der Waals surface area contributed by atoms with E-state index in [9.17, 15) is 18.0 Å². The van der Waals surface area contributed by atoms with Gasteiger partial charge in [-0.2, -0.15) is 13.2 Å². The molecule has 2 fully saturated rings. The second-order valence-electron chi connectivity index (χ2n) is 9.46. The Morgan fingerprint density at radius 3 is 2.62 bits per heavy atom. The molecule has 5 rings (SSSR count). The summed E-state index contributed by atoms with van der Waals surface area (Å²) in [5.74, 6) is -0.100. The number of aromatic nitrogens is 3. The van der Waals surface area contributed by atoms with Gasteiger partial charge < -0.3 is 4.90 Å². The van der Waals surface area contributed by atoms with Crippen LogP contribution in [0.2, 0.25) is 0 Å². The first-order valence-corrected chi connectivity index (χ1v) is 11.5. The second kappa shape index (κ2) is 8.49. The smallest absolute Gasteiger partial charge is 0.334 e. The average Bonchev–Trinajstić information content (AvgIpc) is 3.48. The Morgan fingerprint density at radius 1 is 1.15 bits per heavy atom. The van der Waals surface area contributed by atoms with Crippen LogP contribution in [-0.4, -0.2) is 38.3 Å². The van der Waals surface area contributed by atoms with Crippen molar-refractivity contribution in [3.05, 3.63) is 77.6 Å².